The van der Waals surface area contributed by atoms with Crippen LogP contribution in [0.3, 0.4) is 0 Å². The number of pyridine rings is 1. The minimum absolute atomic E-state index is 0.0137. The number of carboxylic acid groups (broad SMARTS) is 1. The fourth-order valence-electron chi connectivity index (χ4n) is 1.36. The Balaban J connectivity index is 2.25. The number of nitrogens with one attached hydrogen (secondary N) is 1. The van der Waals surface area contributed by atoms with Crippen molar-refractivity contribution in [2.75, 3.05) is 4.72 Å². The SMILES string of the molecule is O=C(O)Cn1cc(S(=O)(=O)Nc2ncccc2Cl)cn1. The van der Waals surface area contributed by atoms with E-state index in [1.807, 2.05) is 0 Å². The molecular formula is C10H9ClN4O4S. The molecule has 0 bridgehead atoms. The van der Waals surface area contributed by atoms with Gasteiger partial charge < -0.3 is 5.11 Å². The summed E-state index contributed by atoms with van der Waals surface area (Å²) in [6.45, 7) is -0.431. The number of hydrogen-bond acceptors (Lipinski definition) is 5. The van der Waals surface area contributed by atoms with Gasteiger partial charge >= 0.3 is 5.97 Å². The summed E-state index contributed by atoms with van der Waals surface area (Å²) < 4.78 is 27.3. The van der Waals surface area contributed by atoms with Gasteiger partial charge in [0.05, 0.1) is 11.2 Å². The first-order chi connectivity index (χ1) is 9.38. The largest absolute Gasteiger partial charge is 0.480 e. The lowest BCUT2D eigenvalue weighted by Crippen LogP contribution is -2.14. The summed E-state index contributed by atoms with van der Waals surface area (Å²) in [5.41, 5.74) is 0. The van der Waals surface area contributed by atoms with Gasteiger partial charge in [-0.2, -0.15) is 5.10 Å². The van der Waals surface area contributed by atoms with E-state index in [0.29, 0.717) is 0 Å². The van der Waals surface area contributed by atoms with Crippen molar-refractivity contribution in [3.05, 3.63) is 35.7 Å². The van der Waals surface area contributed by atoms with Crippen molar-refractivity contribution in [1.29, 1.82) is 0 Å². The molecule has 0 unspecified atom stereocenters. The first kappa shape index (κ1) is 14.3. The number of anilines is 1. The van der Waals surface area contributed by atoms with E-state index >= 15 is 0 Å². The summed E-state index contributed by atoms with van der Waals surface area (Å²) in [5.74, 6) is -1.14. The summed E-state index contributed by atoms with van der Waals surface area (Å²) in [6, 6.07) is 3.05. The molecule has 0 atom stereocenters. The molecule has 0 spiro atoms. The Hall–Kier alpha value is -2.13. The number of nitrogens with zero attached hydrogens (tertiary/aromatic N) is 3. The van der Waals surface area contributed by atoms with Crippen molar-refractivity contribution in [2.24, 2.45) is 0 Å². The first-order valence-corrected chi connectivity index (χ1v) is 7.12. The van der Waals surface area contributed by atoms with Crippen LogP contribution in [0.25, 0.3) is 0 Å². The zero-order valence-electron chi connectivity index (χ0n) is 9.89. The Morgan fingerprint density at radius 2 is 2.25 bits per heavy atom. The van der Waals surface area contributed by atoms with Gasteiger partial charge in [0.1, 0.15) is 11.4 Å². The van der Waals surface area contributed by atoms with Crippen molar-refractivity contribution in [3.63, 3.8) is 0 Å². The van der Waals surface area contributed by atoms with Gasteiger partial charge in [-0.15, -0.1) is 0 Å². The van der Waals surface area contributed by atoms with Crippen molar-refractivity contribution >= 4 is 33.4 Å². The Bertz CT molecular complexity index is 743. The number of aliphatic carboxylic acids is 1. The lowest BCUT2D eigenvalue weighted by molar-refractivity contribution is -0.137. The number of sulfonamides is 1. The fourth-order valence-corrected chi connectivity index (χ4v) is 2.56. The molecule has 2 aromatic heterocycles. The third-order valence-electron chi connectivity index (χ3n) is 2.21. The zero-order valence-corrected chi connectivity index (χ0v) is 11.5. The Kier molecular flexibility index (Phi) is 3.91. The topological polar surface area (TPSA) is 114 Å². The fraction of sp³-hybridized carbons (Fsp3) is 0.100. The molecule has 0 amide bonds. The molecular weight excluding hydrogens is 308 g/mol. The Labute approximate surface area is 119 Å². The van der Waals surface area contributed by atoms with Crippen LogP contribution in [0.1, 0.15) is 0 Å². The normalized spacial score (nSPS) is 11.2. The first-order valence-electron chi connectivity index (χ1n) is 5.26. The molecule has 0 aliphatic carbocycles. The average molecular weight is 317 g/mol. The van der Waals surface area contributed by atoms with Crippen molar-refractivity contribution in [2.45, 2.75) is 11.4 Å². The van der Waals surface area contributed by atoms with Crippen molar-refractivity contribution in [1.82, 2.24) is 14.8 Å². The third kappa shape index (κ3) is 3.25. The number of aromatic nitrogens is 3. The average Bonchev–Trinajstić information content (AvgIpc) is 2.80. The van der Waals surface area contributed by atoms with Gasteiger partial charge in [-0.05, 0) is 12.1 Å². The number of hydrogen-bond donors (Lipinski definition) is 2. The van der Waals surface area contributed by atoms with E-state index in [1.54, 1.807) is 6.07 Å². The summed E-state index contributed by atoms with van der Waals surface area (Å²) in [5, 5.41) is 12.4. The monoisotopic (exact) mass is 316 g/mol. The molecule has 106 valence electrons. The summed E-state index contributed by atoms with van der Waals surface area (Å²) in [4.78, 5) is 14.1. The van der Waals surface area contributed by atoms with E-state index in [-0.39, 0.29) is 15.7 Å². The molecule has 20 heavy (non-hydrogen) atoms. The molecule has 10 heteroatoms. The minimum Gasteiger partial charge on any atom is -0.480 e. The van der Waals surface area contributed by atoms with E-state index < -0.39 is 22.5 Å². The third-order valence-corrected chi connectivity index (χ3v) is 3.81. The predicted octanol–water partition coefficient (Wildman–Crippen LogP) is 0.817. The predicted molar refractivity (Wildman–Crippen MR) is 69.9 cm³/mol. The van der Waals surface area contributed by atoms with Gasteiger partial charge in [0, 0.05) is 12.4 Å². The van der Waals surface area contributed by atoms with Crippen LogP contribution in [0, 0.1) is 0 Å². The molecule has 0 aliphatic rings. The highest BCUT2D eigenvalue weighted by atomic mass is 35.5. The lowest BCUT2D eigenvalue weighted by Gasteiger charge is -2.06. The van der Waals surface area contributed by atoms with Crippen LogP contribution >= 0.6 is 11.6 Å². The molecule has 0 aromatic carbocycles. The van der Waals surface area contributed by atoms with E-state index in [0.717, 1.165) is 17.1 Å². The number of carbonyl (C=O) groups is 1. The van der Waals surface area contributed by atoms with Gasteiger partial charge in [0.15, 0.2) is 5.82 Å². The summed E-state index contributed by atoms with van der Waals surface area (Å²) in [6.07, 6.45) is 3.53. The minimum atomic E-state index is -3.92. The quantitative estimate of drug-likeness (QED) is 0.844. The lowest BCUT2D eigenvalue weighted by atomic mass is 10.5. The van der Waals surface area contributed by atoms with E-state index in [2.05, 4.69) is 14.8 Å². The standard InChI is InChI=1S/C10H9ClN4O4S/c11-8-2-1-3-12-10(8)14-20(18,19)7-4-13-15(5-7)6-9(16)17/h1-5H,6H2,(H,12,14)(H,16,17). The van der Waals surface area contributed by atoms with Crippen LogP contribution < -0.4 is 4.72 Å². The molecule has 2 N–H and O–H groups in total. The number of halogens is 1. The van der Waals surface area contributed by atoms with Crippen molar-refractivity contribution < 1.29 is 18.3 Å². The summed E-state index contributed by atoms with van der Waals surface area (Å²) >= 11 is 5.80. The van der Waals surface area contributed by atoms with Gasteiger partial charge in [0.2, 0.25) is 0 Å². The van der Waals surface area contributed by atoms with Crippen LogP contribution in [0.15, 0.2) is 35.6 Å². The maximum Gasteiger partial charge on any atom is 0.325 e. The van der Waals surface area contributed by atoms with Crippen molar-refractivity contribution in [3.8, 4) is 0 Å². The Morgan fingerprint density at radius 3 is 2.90 bits per heavy atom. The second kappa shape index (κ2) is 5.47. The highest BCUT2D eigenvalue weighted by Gasteiger charge is 2.19. The van der Waals surface area contributed by atoms with Gasteiger partial charge in [0.25, 0.3) is 10.0 Å². The molecule has 0 saturated carbocycles. The maximum absolute atomic E-state index is 12.0. The molecule has 8 nitrogen and oxygen atoms in total. The molecule has 2 heterocycles. The highest BCUT2D eigenvalue weighted by Crippen LogP contribution is 2.21. The van der Waals surface area contributed by atoms with Gasteiger partial charge in [-0.1, -0.05) is 11.6 Å². The van der Waals surface area contributed by atoms with Crippen LogP contribution in [0.5, 0.6) is 0 Å². The van der Waals surface area contributed by atoms with Gasteiger partial charge in [-0.3, -0.25) is 14.2 Å². The van der Waals surface area contributed by atoms with E-state index in [1.165, 1.54) is 12.3 Å². The number of carboxylic acids is 1. The Morgan fingerprint density at radius 1 is 1.50 bits per heavy atom. The number of rotatable bonds is 5. The second-order valence-corrected chi connectivity index (χ2v) is 5.80. The maximum atomic E-state index is 12.0. The molecule has 2 aromatic rings. The molecule has 0 fully saturated rings. The smallest absolute Gasteiger partial charge is 0.325 e. The van der Waals surface area contributed by atoms with Crippen LogP contribution in [-0.2, 0) is 21.4 Å². The van der Waals surface area contributed by atoms with Gasteiger partial charge in [-0.25, -0.2) is 13.4 Å². The highest BCUT2D eigenvalue weighted by molar-refractivity contribution is 7.92. The van der Waals surface area contributed by atoms with Crippen LogP contribution in [-0.4, -0.2) is 34.3 Å². The second-order valence-electron chi connectivity index (χ2n) is 3.71. The molecule has 2 rings (SSSR count). The summed E-state index contributed by atoms with van der Waals surface area (Å²) in [7, 11) is -3.92. The molecule has 0 saturated heterocycles. The van der Waals surface area contributed by atoms with E-state index in [4.69, 9.17) is 16.7 Å². The molecule has 0 aliphatic heterocycles. The zero-order chi connectivity index (χ0) is 14.8. The van der Waals surface area contributed by atoms with Crippen LogP contribution in [0.4, 0.5) is 5.82 Å². The molecule has 0 radical (unpaired) electrons. The van der Waals surface area contributed by atoms with E-state index in [9.17, 15) is 13.2 Å². The van der Waals surface area contributed by atoms with Crippen LogP contribution in [0.2, 0.25) is 5.02 Å².